The number of hydrogen-bond donors (Lipinski definition) is 1. The van der Waals surface area contributed by atoms with Gasteiger partial charge in [-0.2, -0.15) is 0 Å². The Labute approximate surface area is 94.8 Å². The lowest BCUT2D eigenvalue weighted by atomic mass is 10.00. The third kappa shape index (κ3) is 3.66. The van der Waals surface area contributed by atoms with Crippen molar-refractivity contribution in [3.63, 3.8) is 0 Å². The molecule has 0 radical (unpaired) electrons. The van der Waals surface area contributed by atoms with Gasteiger partial charge in [0.2, 0.25) is 0 Å². The molecule has 0 aliphatic heterocycles. The molecule has 1 rings (SSSR count). The standard InChI is InChI=1S/C11H14O4S/c1-8(11(12)13)10-5-3-4-9(6-10)7-16(2,14)15/h3-6,8H,7H2,1-2H3,(H,12,13). The topological polar surface area (TPSA) is 71.4 Å². The molecule has 1 aromatic carbocycles. The van der Waals surface area contributed by atoms with Crippen molar-refractivity contribution in [2.45, 2.75) is 18.6 Å². The SMILES string of the molecule is CC(C(=O)O)c1cccc(CS(C)(=O)=O)c1. The molecule has 0 amide bonds. The largest absolute Gasteiger partial charge is 0.481 e. The van der Waals surface area contributed by atoms with E-state index in [1.807, 2.05) is 0 Å². The van der Waals surface area contributed by atoms with Crippen LogP contribution in [0, 0.1) is 0 Å². The summed E-state index contributed by atoms with van der Waals surface area (Å²) in [5, 5.41) is 8.84. The third-order valence-electron chi connectivity index (χ3n) is 2.25. The Hall–Kier alpha value is -1.36. The van der Waals surface area contributed by atoms with Gasteiger partial charge in [-0.15, -0.1) is 0 Å². The van der Waals surface area contributed by atoms with Gasteiger partial charge in [0.25, 0.3) is 0 Å². The lowest BCUT2D eigenvalue weighted by molar-refractivity contribution is -0.138. The van der Waals surface area contributed by atoms with Gasteiger partial charge < -0.3 is 5.11 Å². The number of carboxylic acids is 1. The summed E-state index contributed by atoms with van der Waals surface area (Å²) in [6, 6.07) is 6.67. The first-order chi connectivity index (χ1) is 7.29. The second kappa shape index (κ2) is 4.65. The summed E-state index contributed by atoms with van der Waals surface area (Å²) in [7, 11) is -3.09. The molecular weight excluding hydrogens is 228 g/mol. The summed E-state index contributed by atoms with van der Waals surface area (Å²) in [5.74, 6) is -1.61. The fourth-order valence-electron chi connectivity index (χ4n) is 1.40. The maximum Gasteiger partial charge on any atom is 0.310 e. The molecule has 0 aliphatic rings. The van der Waals surface area contributed by atoms with E-state index >= 15 is 0 Å². The maximum absolute atomic E-state index is 11.1. The molecule has 1 N–H and O–H groups in total. The highest BCUT2D eigenvalue weighted by atomic mass is 32.2. The summed E-state index contributed by atoms with van der Waals surface area (Å²) >= 11 is 0. The van der Waals surface area contributed by atoms with Crippen LogP contribution in [0.5, 0.6) is 0 Å². The Balaban J connectivity index is 3.00. The van der Waals surface area contributed by atoms with E-state index in [1.165, 1.54) is 0 Å². The Morgan fingerprint density at radius 3 is 2.56 bits per heavy atom. The van der Waals surface area contributed by atoms with Crippen LogP contribution in [0.3, 0.4) is 0 Å². The van der Waals surface area contributed by atoms with Crippen molar-refractivity contribution in [3.8, 4) is 0 Å². The fraction of sp³-hybridized carbons (Fsp3) is 0.364. The average molecular weight is 242 g/mol. The molecule has 1 aromatic rings. The number of sulfone groups is 1. The first-order valence-corrected chi connectivity index (χ1v) is 6.85. The monoisotopic (exact) mass is 242 g/mol. The molecular formula is C11H14O4S. The van der Waals surface area contributed by atoms with Gasteiger partial charge in [0, 0.05) is 6.26 Å². The van der Waals surface area contributed by atoms with E-state index in [0.29, 0.717) is 11.1 Å². The second-order valence-corrected chi connectivity index (χ2v) is 6.02. The molecule has 0 saturated heterocycles. The van der Waals surface area contributed by atoms with Crippen LogP contribution < -0.4 is 0 Å². The Morgan fingerprint density at radius 2 is 2.06 bits per heavy atom. The minimum atomic E-state index is -3.09. The molecule has 5 heteroatoms. The number of carbonyl (C=O) groups is 1. The van der Waals surface area contributed by atoms with E-state index in [9.17, 15) is 13.2 Å². The molecule has 1 atom stereocenters. The fourth-order valence-corrected chi connectivity index (χ4v) is 2.18. The van der Waals surface area contributed by atoms with E-state index in [0.717, 1.165) is 6.26 Å². The van der Waals surface area contributed by atoms with Crippen molar-refractivity contribution in [1.82, 2.24) is 0 Å². The van der Waals surface area contributed by atoms with E-state index < -0.39 is 21.7 Å². The Morgan fingerprint density at radius 1 is 1.44 bits per heavy atom. The second-order valence-electron chi connectivity index (χ2n) is 3.88. The molecule has 0 spiro atoms. The predicted molar refractivity (Wildman–Crippen MR) is 61.0 cm³/mol. The highest BCUT2D eigenvalue weighted by Crippen LogP contribution is 2.17. The van der Waals surface area contributed by atoms with Crippen molar-refractivity contribution in [1.29, 1.82) is 0 Å². The van der Waals surface area contributed by atoms with Crippen LogP contribution in [0.15, 0.2) is 24.3 Å². The van der Waals surface area contributed by atoms with Crippen LogP contribution in [0.2, 0.25) is 0 Å². The number of benzene rings is 1. The van der Waals surface area contributed by atoms with Gasteiger partial charge in [0.15, 0.2) is 9.84 Å². The summed E-state index contributed by atoms with van der Waals surface area (Å²) in [4.78, 5) is 10.8. The van der Waals surface area contributed by atoms with Crippen LogP contribution in [0.4, 0.5) is 0 Å². The van der Waals surface area contributed by atoms with Gasteiger partial charge in [-0.05, 0) is 18.1 Å². The Kier molecular flexibility index (Phi) is 3.70. The van der Waals surface area contributed by atoms with Gasteiger partial charge in [0.05, 0.1) is 11.7 Å². The number of rotatable bonds is 4. The van der Waals surface area contributed by atoms with Crippen LogP contribution in [0.25, 0.3) is 0 Å². The molecule has 0 fully saturated rings. The summed E-state index contributed by atoms with van der Waals surface area (Å²) in [6.07, 6.45) is 1.15. The van der Waals surface area contributed by atoms with Crippen LogP contribution >= 0.6 is 0 Å². The molecule has 4 nitrogen and oxygen atoms in total. The number of aliphatic carboxylic acids is 1. The minimum absolute atomic E-state index is 0.0623. The molecule has 0 heterocycles. The van der Waals surface area contributed by atoms with Gasteiger partial charge in [-0.1, -0.05) is 24.3 Å². The maximum atomic E-state index is 11.1. The zero-order valence-corrected chi connectivity index (χ0v) is 9.99. The predicted octanol–water partition coefficient (Wildman–Crippen LogP) is 1.42. The van der Waals surface area contributed by atoms with Gasteiger partial charge in [0.1, 0.15) is 0 Å². The zero-order valence-electron chi connectivity index (χ0n) is 9.17. The quantitative estimate of drug-likeness (QED) is 0.866. The first kappa shape index (κ1) is 12.7. The van der Waals surface area contributed by atoms with E-state index in [-0.39, 0.29) is 5.75 Å². The zero-order chi connectivity index (χ0) is 12.3. The summed E-state index contributed by atoms with van der Waals surface area (Å²) in [6.45, 7) is 1.57. The van der Waals surface area contributed by atoms with Crippen molar-refractivity contribution in [3.05, 3.63) is 35.4 Å². The molecule has 88 valence electrons. The number of carboxylic acid groups (broad SMARTS) is 1. The van der Waals surface area contributed by atoms with E-state index in [1.54, 1.807) is 31.2 Å². The molecule has 0 bridgehead atoms. The van der Waals surface area contributed by atoms with E-state index in [4.69, 9.17) is 5.11 Å². The van der Waals surface area contributed by atoms with Crippen molar-refractivity contribution < 1.29 is 18.3 Å². The van der Waals surface area contributed by atoms with Crippen molar-refractivity contribution in [2.75, 3.05) is 6.26 Å². The Bertz CT molecular complexity index is 490. The third-order valence-corrected chi connectivity index (χ3v) is 3.11. The molecule has 16 heavy (non-hydrogen) atoms. The van der Waals surface area contributed by atoms with Crippen molar-refractivity contribution >= 4 is 15.8 Å². The highest BCUT2D eigenvalue weighted by molar-refractivity contribution is 7.89. The molecule has 0 saturated carbocycles. The van der Waals surface area contributed by atoms with Gasteiger partial charge >= 0.3 is 5.97 Å². The number of hydrogen-bond acceptors (Lipinski definition) is 3. The van der Waals surface area contributed by atoms with Crippen LogP contribution in [-0.4, -0.2) is 25.7 Å². The normalized spacial score (nSPS) is 13.4. The smallest absolute Gasteiger partial charge is 0.310 e. The van der Waals surface area contributed by atoms with Gasteiger partial charge in [-0.25, -0.2) is 8.42 Å². The van der Waals surface area contributed by atoms with E-state index in [2.05, 4.69) is 0 Å². The lowest BCUT2D eigenvalue weighted by Crippen LogP contribution is -2.08. The lowest BCUT2D eigenvalue weighted by Gasteiger charge is -2.08. The highest BCUT2D eigenvalue weighted by Gasteiger charge is 2.14. The molecule has 0 aromatic heterocycles. The summed E-state index contributed by atoms with van der Waals surface area (Å²) < 4.78 is 22.2. The van der Waals surface area contributed by atoms with Crippen LogP contribution in [-0.2, 0) is 20.4 Å². The first-order valence-electron chi connectivity index (χ1n) is 4.79. The van der Waals surface area contributed by atoms with Crippen LogP contribution in [0.1, 0.15) is 24.0 Å². The minimum Gasteiger partial charge on any atom is -0.481 e. The summed E-state index contributed by atoms with van der Waals surface area (Å²) in [5.41, 5.74) is 1.24. The van der Waals surface area contributed by atoms with Gasteiger partial charge in [-0.3, -0.25) is 4.79 Å². The van der Waals surface area contributed by atoms with Crippen molar-refractivity contribution in [2.24, 2.45) is 0 Å². The average Bonchev–Trinajstić information content (AvgIpc) is 2.14. The molecule has 0 aliphatic carbocycles. The molecule has 1 unspecified atom stereocenters.